The molecule has 3 N–H and O–H groups in total. The summed E-state index contributed by atoms with van der Waals surface area (Å²) < 4.78 is 0. The number of hydrogen-bond donors (Lipinski definition) is 3. The zero-order chi connectivity index (χ0) is 8.23. The van der Waals surface area contributed by atoms with Gasteiger partial charge in [0.2, 0.25) is 0 Å². The molecule has 0 unspecified atom stereocenters. The average molecular weight is 170 g/mol. The molecule has 2 rings (SSSR count). The van der Waals surface area contributed by atoms with Crippen molar-refractivity contribution < 1.29 is 0 Å². The minimum Gasteiger partial charge on any atom is -0.314 e. The van der Waals surface area contributed by atoms with Crippen molar-refractivity contribution in [2.75, 3.05) is 45.8 Å². The van der Waals surface area contributed by atoms with Crippen molar-refractivity contribution in [3.05, 3.63) is 0 Å². The van der Waals surface area contributed by atoms with E-state index >= 15 is 0 Å². The molecule has 0 radical (unpaired) electrons. The van der Waals surface area contributed by atoms with Crippen LogP contribution >= 0.6 is 0 Å². The Labute approximate surface area is 73.7 Å². The van der Waals surface area contributed by atoms with Gasteiger partial charge in [0.25, 0.3) is 0 Å². The molecule has 12 heavy (non-hydrogen) atoms. The molecule has 2 heterocycles. The van der Waals surface area contributed by atoms with Gasteiger partial charge < -0.3 is 10.6 Å². The van der Waals surface area contributed by atoms with Crippen LogP contribution < -0.4 is 16.0 Å². The van der Waals surface area contributed by atoms with Crippen LogP contribution in [-0.2, 0) is 0 Å². The van der Waals surface area contributed by atoms with E-state index in [2.05, 4.69) is 20.9 Å². The highest BCUT2D eigenvalue weighted by Crippen LogP contribution is 1.99. The van der Waals surface area contributed by atoms with Crippen LogP contribution in [0.5, 0.6) is 0 Å². The summed E-state index contributed by atoms with van der Waals surface area (Å²) in [6.07, 6.45) is 0.570. The standard InChI is InChI=1S/C8H18N4/c1-2-11-8(7-10-1)12-5-3-9-4-6-12/h8-11H,1-7H2/t8-/m1/s1. The lowest BCUT2D eigenvalue weighted by atomic mass is 10.3. The maximum absolute atomic E-state index is 3.52. The van der Waals surface area contributed by atoms with E-state index in [9.17, 15) is 0 Å². The van der Waals surface area contributed by atoms with Crippen molar-refractivity contribution in [1.82, 2.24) is 20.9 Å². The Bertz CT molecular complexity index is 111. The Morgan fingerprint density at radius 3 is 2.42 bits per heavy atom. The van der Waals surface area contributed by atoms with Crippen LogP contribution in [0.25, 0.3) is 0 Å². The Morgan fingerprint density at radius 1 is 0.917 bits per heavy atom. The van der Waals surface area contributed by atoms with Crippen LogP contribution in [0.2, 0.25) is 0 Å². The van der Waals surface area contributed by atoms with E-state index in [-0.39, 0.29) is 0 Å². The first-order valence-corrected chi connectivity index (χ1v) is 4.86. The van der Waals surface area contributed by atoms with Gasteiger partial charge in [-0.15, -0.1) is 0 Å². The zero-order valence-electron chi connectivity index (χ0n) is 7.47. The normalized spacial score (nSPS) is 33.5. The summed E-state index contributed by atoms with van der Waals surface area (Å²) in [4.78, 5) is 2.52. The summed E-state index contributed by atoms with van der Waals surface area (Å²) in [6, 6.07) is 0. The second-order valence-electron chi connectivity index (χ2n) is 3.46. The summed E-state index contributed by atoms with van der Waals surface area (Å²) in [7, 11) is 0. The molecule has 0 saturated carbocycles. The fourth-order valence-electron chi connectivity index (χ4n) is 1.89. The lowest BCUT2D eigenvalue weighted by Gasteiger charge is -2.37. The molecule has 1 atom stereocenters. The molecule has 2 fully saturated rings. The van der Waals surface area contributed by atoms with Crippen molar-refractivity contribution >= 4 is 0 Å². The summed E-state index contributed by atoms with van der Waals surface area (Å²) in [5.41, 5.74) is 0. The van der Waals surface area contributed by atoms with E-state index in [1.165, 1.54) is 13.1 Å². The lowest BCUT2D eigenvalue weighted by Crippen LogP contribution is -2.60. The second kappa shape index (κ2) is 4.18. The molecular formula is C8H18N4. The Hall–Kier alpha value is -0.160. The van der Waals surface area contributed by atoms with Gasteiger partial charge in [0.15, 0.2) is 0 Å². The summed E-state index contributed by atoms with van der Waals surface area (Å²) in [5.74, 6) is 0. The van der Waals surface area contributed by atoms with E-state index < -0.39 is 0 Å². The van der Waals surface area contributed by atoms with Gasteiger partial charge in [0.05, 0.1) is 6.17 Å². The molecule has 0 bridgehead atoms. The predicted molar refractivity (Wildman–Crippen MR) is 49.1 cm³/mol. The second-order valence-corrected chi connectivity index (χ2v) is 3.46. The highest BCUT2D eigenvalue weighted by Gasteiger charge is 2.20. The van der Waals surface area contributed by atoms with E-state index in [0.717, 1.165) is 32.7 Å². The summed E-state index contributed by atoms with van der Waals surface area (Å²) >= 11 is 0. The van der Waals surface area contributed by atoms with Gasteiger partial charge in [-0.3, -0.25) is 10.2 Å². The van der Waals surface area contributed by atoms with Gasteiger partial charge in [-0.05, 0) is 0 Å². The Kier molecular flexibility index (Phi) is 2.94. The zero-order valence-corrected chi connectivity index (χ0v) is 7.47. The molecule has 2 saturated heterocycles. The smallest absolute Gasteiger partial charge is 0.0727 e. The number of nitrogens with zero attached hydrogens (tertiary/aromatic N) is 1. The third kappa shape index (κ3) is 1.95. The van der Waals surface area contributed by atoms with Gasteiger partial charge >= 0.3 is 0 Å². The van der Waals surface area contributed by atoms with E-state index in [4.69, 9.17) is 0 Å². The SMILES string of the molecule is C1CN([C@@H]2CNCCN2)CCN1. The number of nitrogens with one attached hydrogen (secondary N) is 3. The van der Waals surface area contributed by atoms with Crippen molar-refractivity contribution in [2.24, 2.45) is 0 Å². The molecule has 2 aliphatic rings. The van der Waals surface area contributed by atoms with Gasteiger partial charge in [-0.2, -0.15) is 0 Å². The molecule has 0 aromatic carbocycles. The molecule has 0 spiro atoms. The van der Waals surface area contributed by atoms with Gasteiger partial charge in [0.1, 0.15) is 0 Å². The molecule has 4 nitrogen and oxygen atoms in total. The molecule has 0 aliphatic carbocycles. The van der Waals surface area contributed by atoms with Crippen molar-refractivity contribution in [3.8, 4) is 0 Å². The lowest BCUT2D eigenvalue weighted by molar-refractivity contribution is 0.131. The van der Waals surface area contributed by atoms with Crippen LogP contribution in [0, 0.1) is 0 Å². The van der Waals surface area contributed by atoms with Crippen LogP contribution in [-0.4, -0.2) is 56.9 Å². The van der Waals surface area contributed by atoms with Crippen LogP contribution in [0.15, 0.2) is 0 Å². The highest BCUT2D eigenvalue weighted by atomic mass is 15.3. The van der Waals surface area contributed by atoms with Crippen molar-refractivity contribution in [3.63, 3.8) is 0 Å². The molecule has 70 valence electrons. The molecule has 2 aliphatic heterocycles. The third-order valence-electron chi connectivity index (χ3n) is 2.61. The molecule has 0 amide bonds. The quantitative estimate of drug-likeness (QED) is 0.444. The van der Waals surface area contributed by atoms with Gasteiger partial charge in [0, 0.05) is 45.8 Å². The number of hydrogen-bond acceptors (Lipinski definition) is 4. The Balaban J connectivity index is 1.80. The van der Waals surface area contributed by atoms with Crippen molar-refractivity contribution in [1.29, 1.82) is 0 Å². The number of rotatable bonds is 1. The maximum Gasteiger partial charge on any atom is 0.0727 e. The van der Waals surface area contributed by atoms with Crippen molar-refractivity contribution in [2.45, 2.75) is 6.17 Å². The highest BCUT2D eigenvalue weighted by molar-refractivity contribution is 4.79. The van der Waals surface area contributed by atoms with E-state index in [0.29, 0.717) is 6.17 Å². The first-order chi connectivity index (χ1) is 5.97. The first-order valence-electron chi connectivity index (χ1n) is 4.86. The predicted octanol–water partition coefficient (Wildman–Crippen LogP) is -1.59. The third-order valence-corrected chi connectivity index (χ3v) is 2.61. The minimum absolute atomic E-state index is 0.570. The summed E-state index contributed by atoms with van der Waals surface area (Å²) in [6.45, 7) is 7.95. The molecule has 4 heteroatoms. The van der Waals surface area contributed by atoms with Crippen LogP contribution in [0.1, 0.15) is 0 Å². The topological polar surface area (TPSA) is 39.3 Å². The van der Waals surface area contributed by atoms with Crippen LogP contribution in [0.4, 0.5) is 0 Å². The van der Waals surface area contributed by atoms with Crippen LogP contribution in [0.3, 0.4) is 0 Å². The first kappa shape index (κ1) is 8.44. The molecule has 0 aromatic rings. The minimum atomic E-state index is 0.570. The Morgan fingerprint density at radius 2 is 1.75 bits per heavy atom. The molecule has 0 aromatic heterocycles. The van der Waals surface area contributed by atoms with E-state index in [1.54, 1.807) is 0 Å². The van der Waals surface area contributed by atoms with E-state index in [1.807, 2.05) is 0 Å². The largest absolute Gasteiger partial charge is 0.314 e. The number of piperazine rings is 2. The monoisotopic (exact) mass is 170 g/mol. The summed E-state index contributed by atoms with van der Waals surface area (Å²) in [5, 5.41) is 10.3. The maximum atomic E-state index is 3.52. The fraction of sp³-hybridized carbons (Fsp3) is 1.00. The van der Waals surface area contributed by atoms with Gasteiger partial charge in [-0.25, -0.2) is 0 Å². The van der Waals surface area contributed by atoms with Gasteiger partial charge in [-0.1, -0.05) is 0 Å². The average Bonchev–Trinajstić information content (AvgIpc) is 2.21. The fourth-order valence-corrected chi connectivity index (χ4v) is 1.89. The molecular weight excluding hydrogens is 152 g/mol.